The van der Waals surface area contributed by atoms with Gasteiger partial charge in [-0.3, -0.25) is 9.59 Å². The van der Waals surface area contributed by atoms with Crippen LogP contribution in [0, 0.1) is 0 Å². The molecule has 2 amide bonds. The molecule has 168 valence electrons. The van der Waals surface area contributed by atoms with Crippen LogP contribution in [0.5, 0.6) is 11.5 Å². The number of methoxy groups -OCH3 is 2. The minimum atomic E-state index is -0.250. The lowest BCUT2D eigenvalue weighted by molar-refractivity contribution is -0.132. The van der Waals surface area contributed by atoms with Gasteiger partial charge in [-0.25, -0.2) is 4.98 Å². The highest BCUT2D eigenvalue weighted by molar-refractivity contribution is 8.01. The Bertz CT molecular complexity index is 1130. The zero-order valence-electron chi connectivity index (χ0n) is 17.8. The number of hydrogen-bond acceptors (Lipinski definition) is 8. The molecule has 1 saturated heterocycles. The molecule has 2 aromatic carbocycles. The van der Waals surface area contributed by atoms with Gasteiger partial charge in [0, 0.05) is 24.3 Å². The number of ether oxygens (including phenoxy) is 3. The Balaban J connectivity index is 1.41. The predicted molar refractivity (Wildman–Crippen MR) is 125 cm³/mol. The second kappa shape index (κ2) is 10.2. The van der Waals surface area contributed by atoms with Gasteiger partial charge in [0.2, 0.25) is 5.91 Å². The molecule has 10 heteroatoms. The summed E-state index contributed by atoms with van der Waals surface area (Å²) in [6.45, 7) is 2.47. The van der Waals surface area contributed by atoms with Gasteiger partial charge in [-0.15, -0.1) is 11.3 Å². The fourth-order valence-electron chi connectivity index (χ4n) is 3.25. The number of morpholine rings is 1. The van der Waals surface area contributed by atoms with Gasteiger partial charge < -0.3 is 24.4 Å². The molecule has 1 aliphatic rings. The van der Waals surface area contributed by atoms with E-state index in [1.165, 1.54) is 30.2 Å². The lowest BCUT2D eigenvalue weighted by atomic mass is 10.2. The summed E-state index contributed by atoms with van der Waals surface area (Å²) in [5.74, 6) is 1.25. The number of aromatic nitrogens is 1. The summed E-state index contributed by atoms with van der Waals surface area (Å²) in [6.07, 6.45) is 0. The van der Waals surface area contributed by atoms with Crippen molar-refractivity contribution in [1.82, 2.24) is 9.88 Å². The Labute approximate surface area is 193 Å². The number of carbonyl (C=O) groups is 2. The Hall–Kier alpha value is -2.82. The Kier molecular flexibility index (Phi) is 7.13. The van der Waals surface area contributed by atoms with Crippen LogP contribution in [-0.4, -0.2) is 68.0 Å². The first-order chi connectivity index (χ1) is 15.6. The quantitative estimate of drug-likeness (QED) is 0.525. The molecule has 0 aliphatic carbocycles. The highest BCUT2D eigenvalue weighted by atomic mass is 32.2. The minimum absolute atomic E-state index is 0.0976. The van der Waals surface area contributed by atoms with Crippen LogP contribution in [0.15, 0.2) is 40.7 Å². The summed E-state index contributed by atoms with van der Waals surface area (Å²) in [4.78, 5) is 31.4. The van der Waals surface area contributed by atoms with E-state index in [0.717, 1.165) is 14.6 Å². The molecule has 2 heterocycles. The van der Waals surface area contributed by atoms with E-state index in [2.05, 4.69) is 10.3 Å². The first-order valence-corrected chi connectivity index (χ1v) is 11.8. The average molecular weight is 474 g/mol. The van der Waals surface area contributed by atoms with Crippen molar-refractivity contribution in [2.45, 2.75) is 4.34 Å². The smallest absolute Gasteiger partial charge is 0.255 e. The summed E-state index contributed by atoms with van der Waals surface area (Å²) >= 11 is 2.94. The first-order valence-electron chi connectivity index (χ1n) is 9.99. The molecule has 1 aromatic heterocycles. The maximum absolute atomic E-state index is 12.7. The number of rotatable bonds is 7. The minimum Gasteiger partial charge on any atom is -0.493 e. The van der Waals surface area contributed by atoms with Gasteiger partial charge in [0.05, 0.1) is 43.4 Å². The Morgan fingerprint density at radius 2 is 1.91 bits per heavy atom. The number of fused-ring (bicyclic) bond motifs is 1. The van der Waals surface area contributed by atoms with Crippen molar-refractivity contribution in [1.29, 1.82) is 0 Å². The molecule has 3 aromatic rings. The number of thiazole rings is 1. The average Bonchev–Trinajstić information content (AvgIpc) is 3.24. The van der Waals surface area contributed by atoms with E-state index in [1.54, 1.807) is 25.3 Å². The van der Waals surface area contributed by atoms with E-state index in [1.807, 2.05) is 23.1 Å². The second-order valence-corrected chi connectivity index (χ2v) is 9.22. The molecule has 32 heavy (non-hydrogen) atoms. The van der Waals surface area contributed by atoms with E-state index in [9.17, 15) is 9.59 Å². The number of nitrogens with zero attached hydrogens (tertiary/aromatic N) is 2. The normalized spacial score (nSPS) is 13.8. The van der Waals surface area contributed by atoms with Gasteiger partial charge >= 0.3 is 0 Å². The topological polar surface area (TPSA) is 90.0 Å². The van der Waals surface area contributed by atoms with Crippen LogP contribution in [0.2, 0.25) is 0 Å². The van der Waals surface area contributed by atoms with Crippen LogP contribution >= 0.6 is 23.1 Å². The Morgan fingerprint density at radius 3 is 2.66 bits per heavy atom. The number of hydrogen-bond donors (Lipinski definition) is 1. The SMILES string of the molecule is COc1ccc(C(=O)Nc2ccc3nc(SCC(=O)N4CCOCC4)sc3c2)cc1OC. The van der Waals surface area contributed by atoms with Crippen LogP contribution in [0.25, 0.3) is 10.2 Å². The van der Waals surface area contributed by atoms with E-state index in [4.69, 9.17) is 14.2 Å². The molecule has 0 bridgehead atoms. The van der Waals surface area contributed by atoms with Crippen molar-refractivity contribution in [2.75, 3.05) is 51.6 Å². The maximum Gasteiger partial charge on any atom is 0.255 e. The molecular formula is C22H23N3O5S2. The zero-order valence-corrected chi connectivity index (χ0v) is 19.4. The van der Waals surface area contributed by atoms with E-state index < -0.39 is 0 Å². The number of benzene rings is 2. The maximum atomic E-state index is 12.7. The van der Waals surface area contributed by atoms with Crippen molar-refractivity contribution >= 4 is 50.8 Å². The first kappa shape index (κ1) is 22.4. The molecule has 1 fully saturated rings. The van der Waals surface area contributed by atoms with Crippen LogP contribution in [-0.2, 0) is 9.53 Å². The molecule has 1 N–H and O–H groups in total. The molecular weight excluding hydrogens is 450 g/mol. The van der Waals surface area contributed by atoms with Crippen molar-refractivity contribution < 1.29 is 23.8 Å². The number of anilines is 1. The van der Waals surface area contributed by atoms with Gasteiger partial charge in [0.15, 0.2) is 15.8 Å². The van der Waals surface area contributed by atoms with Crippen LogP contribution in [0.3, 0.4) is 0 Å². The van der Waals surface area contributed by atoms with E-state index in [-0.39, 0.29) is 11.8 Å². The molecule has 8 nitrogen and oxygen atoms in total. The summed E-state index contributed by atoms with van der Waals surface area (Å²) in [7, 11) is 3.08. The zero-order chi connectivity index (χ0) is 22.5. The van der Waals surface area contributed by atoms with Crippen LogP contribution < -0.4 is 14.8 Å². The van der Waals surface area contributed by atoms with Crippen LogP contribution in [0.1, 0.15) is 10.4 Å². The number of amides is 2. The van der Waals surface area contributed by atoms with Gasteiger partial charge in [0.25, 0.3) is 5.91 Å². The lowest BCUT2D eigenvalue weighted by Gasteiger charge is -2.26. The molecule has 0 spiro atoms. The third-order valence-electron chi connectivity index (χ3n) is 4.96. The monoisotopic (exact) mass is 473 g/mol. The van der Waals surface area contributed by atoms with Crippen molar-refractivity contribution in [2.24, 2.45) is 0 Å². The Morgan fingerprint density at radius 1 is 1.12 bits per heavy atom. The molecule has 1 aliphatic heterocycles. The standard InChI is InChI=1S/C22H23N3O5S2/c1-28-17-6-3-14(11-18(17)29-2)21(27)23-15-4-5-16-19(12-15)32-22(24-16)31-13-20(26)25-7-9-30-10-8-25/h3-6,11-12H,7-10,13H2,1-2H3,(H,23,27). The molecule has 0 radical (unpaired) electrons. The third kappa shape index (κ3) is 5.14. The fourth-order valence-corrected chi connectivity index (χ4v) is 5.26. The molecule has 0 atom stereocenters. The number of carbonyl (C=O) groups excluding carboxylic acids is 2. The van der Waals surface area contributed by atoms with E-state index >= 15 is 0 Å². The van der Waals surface area contributed by atoms with Crippen molar-refractivity contribution in [3.05, 3.63) is 42.0 Å². The predicted octanol–water partition coefficient (Wildman–Crippen LogP) is 3.52. The summed E-state index contributed by atoms with van der Waals surface area (Å²) in [5.41, 5.74) is 1.97. The van der Waals surface area contributed by atoms with Gasteiger partial charge in [-0.1, -0.05) is 11.8 Å². The number of nitrogens with one attached hydrogen (secondary N) is 1. The highest BCUT2D eigenvalue weighted by Gasteiger charge is 2.18. The summed E-state index contributed by atoms with van der Waals surface area (Å²) in [5, 5.41) is 2.91. The lowest BCUT2D eigenvalue weighted by Crippen LogP contribution is -2.41. The van der Waals surface area contributed by atoms with Gasteiger partial charge in [-0.2, -0.15) is 0 Å². The third-order valence-corrected chi connectivity index (χ3v) is 7.10. The van der Waals surface area contributed by atoms with Gasteiger partial charge in [-0.05, 0) is 36.4 Å². The van der Waals surface area contributed by atoms with Crippen molar-refractivity contribution in [3.8, 4) is 11.5 Å². The van der Waals surface area contributed by atoms with Crippen LogP contribution in [0.4, 0.5) is 5.69 Å². The largest absolute Gasteiger partial charge is 0.493 e. The molecule has 0 saturated carbocycles. The number of thioether (sulfide) groups is 1. The fraction of sp³-hybridized carbons (Fsp3) is 0.318. The highest BCUT2D eigenvalue weighted by Crippen LogP contribution is 2.32. The van der Waals surface area contributed by atoms with Gasteiger partial charge in [0.1, 0.15) is 0 Å². The summed E-state index contributed by atoms with van der Waals surface area (Å²) in [6, 6.07) is 10.6. The van der Waals surface area contributed by atoms with E-state index in [0.29, 0.717) is 54.8 Å². The molecule has 0 unspecified atom stereocenters. The molecule has 4 rings (SSSR count). The van der Waals surface area contributed by atoms with Crippen molar-refractivity contribution in [3.63, 3.8) is 0 Å². The second-order valence-electron chi connectivity index (χ2n) is 6.97. The summed E-state index contributed by atoms with van der Waals surface area (Å²) < 4.78 is 17.5.